The summed E-state index contributed by atoms with van der Waals surface area (Å²) in [5.41, 5.74) is 0. The number of carbonyl (C=O) groups excluding carboxylic acids is 2. The monoisotopic (exact) mass is 630 g/mol. The average Bonchev–Trinajstić information content (AvgIpc) is 2.99. The molecule has 3 unspecified atom stereocenters. The van der Waals surface area contributed by atoms with Crippen LogP contribution in [0.2, 0.25) is 0 Å². The lowest BCUT2D eigenvalue weighted by Gasteiger charge is -2.20. The van der Waals surface area contributed by atoms with Gasteiger partial charge in [0, 0.05) is 12.8 Å². The van der Waals surface area contributed by atoms with Crippen LogP contribution < -0.4 is 0 Å². The second kappa shape index (κ2) is 28.7. The highest BCUT2D eigenvalue weighted by Gasteiger charge is 2.27. The number of aliphatic hydroxyl groups is 2. The second-order valence-electron chi connectivity index (χ2n) is 10.1. The Hall–Kier alpha value is -2.07. The lowest BCUT2D eigenvalue weighted by atomic mass is 10.1. The van der Waals surface area contributed by atoms with Crippen molar-refractivity contribution >= 4 is 19.8 Å². The summed E-state index contributed by atoms with van der Waals surface area (Å²) in [6.07, 6.45) is 25.7. The molecule has 0 aliphatic heterocycles. The molecule has 0 aromatic rings. The number of unbranched alkanes of at least 4 members (excludes halogenated alkanes) is 6. The number of rotatable bonds is 28. The SMILES string of the molecule is CC/C=C\C/C=C\C/C=C\C/C=C\CCC(=O)OC(CO)COP(=O)(O)OCC(CO)OC(=O)CCCCCCCCC. The summed E-state index contributed by atoms with van der Waals surface area (Å²) in [6.45, 7) is 1.89. The maximum Gasteiger partial charge on any atom is 0.472 e. The molecule has 3 atom stereocenters. The van der Waals surface area contributed by atoms with Gasteiger partial charge >= 0.3 is 19.8 Å². The summed E-state index contributed by atoms with van der Waals surface area (Å²) < 4.78 is 32.1. The first-order valence-electron chi connectivity index (χ1n) is 15.6. The van der Waals surface area contributed by atoms with Crippen LogP contribution >= 0.6 is 7.82 Å². The largest absolute Gasteiger partial charge is 0.472 e. The van der Waals surface area contributed by atoms with Crippen molar-refractivity contribution in [3.8, 4) is 0 Å². The topological polar surface area (TPSA) is 149 Å². The first kappa shape index (κ1) is 40.9. The Labute approximate surface area is 258 Å². The number of hydrogen-bond donors (Lipinski definition) is 3. The highest BCUT2D eigenvalue weighted by molar-refractivity contribution is 7.47. The van der Waals surface area contributed by atoms with E-state index in [9.17, 15) is 29.3 Å². The minimum atomic E-state index is -4.63. The van der Waals surface area contributed by atoms with Gasteiger partial charge in [-0.2, -0.15) is 0 Å². The minimum Gasteiger partial charge on any atom is -0.457 e. The van der Waals surface area contributed by atoms with E-state index in [0.717, 1.165) is 44.9 Å². The molecular weight excluding hydrogens is 575 g/mol. The Balaban J connectivity index is 4.19. The number of phosphoric ester groups is 1. The van der Waals surface area contributed by atoms with Gasteiger partial charge in [0.25, 0.3) is 0 Å². The van der Waals surface area contributed by atoms with Gasteiger partial charge in [-0.25, -0.2) is 4.57 Å². The normalized spacial score (nSPS) is 15.0. The highest BCUT2D eigenvalue weighted by Crippen LogP contribution is 2.43. The van der Waals surface area contributed by atoms with Gasteiger partial charge < -0.3 is 24.6 Å². The number of phosphoric acid groups is 1. The molecule has 0 radical (unpaired) electrons. The third-order valence-corrected chi connectivity index (χ3v) is 7.02. The maximum absolute atomic E-state index is 12.2. The molecule has 43 heavy (non-hydrogen) atoms. The van der Waals surface area contributed by atoms with E-state index in [2.05, 4.69) is 44.2 Å². The summed E-state index contributed by atoms with van der Waals surface area (Å²) in [5.74, 6) is -1.12. The fourth-order valence-electron chi connectivity index (χ4n) is 3.65. The smallest absolute Gasteiger partial charge is 0.457 e. The molecule has 11 heteroatoms. The molecule has 0 saturated carbocycles. The molecule has 0 heterocycles. The Bertz CT molecular complexity index is 868. The molecule has 0 bridgehead atoms. The van der Waals surface area contributed by atoms with Crippen molar-refractivity contribution in [2.24, 2.45) is 0 Å². The van der Waals surface area contributed by atoms with E-state index >= 15 is 0 Å². The van der Waals surface area contributed by atoms with Crippen molar-refractivity contribution in [1.29, 1.82) is 0 Å². The molecular formula is C32H55O10P. The van der Waals surface area contributed by atoms with Gasteiger partial charge in [0.05, 0.1) is 26.4 Å². The molecule has 3 N–H and O–H groups in total. The zero-order chi connectivity index (χ0) is 32.0. The number of aliphatic hydroxyl groups excluding tert-OH is 2. The van der Waals surface area contributed by atoms with Gasteiger partial charge in [0.2, 0.25) is 0 Å². The maximum atomic E-state index is 12.2. The van der Waals surface area contributed by atoms with Gasteiger partial charge in [-0.15, -0.1) is 0 Å². The van der Waals surface area contributed by atoms with E-state index in [0.29, 0.717) is 12.8 Å². The summed E-state index contributed by atoms with van der Waals surface area (Å²) >= 11 is 0. The molecule has 0 spiro atoms. The molecule has 10 nitrogen and oxygen atoms in total. The van der Waals surface area contributed by atoms with Crippen LogP contribution in [0.5, 0.6) is 0 Å². The molecule has 0 amide bonds. The summed E-state index contributed by atoms with van der Waals surface area (Å²) in [7, 11) is -4.63. The van der Waals surface area contributed by atoms with E-state index in [1.807, 2.05) is 18.2 Å². The fourth-order valence-corrected chi connectivity index (χ4v) is 4.44. The Morgan fingerprint density at radius 2 is 1.09 bits per heavy atom. The van der Waals surface area contributed by atoms with Gasteiger partial charge in [-0.05, 0) is 38.5 Å². The summed E-state index contributed by atoms with van der Waals surface area (Å²) in [6, 6.07) is 0. The summed E-state index contributed by atoms with van der Waals surface area (Å²) in [5, 5.41) is 18.9. The predicted molar refractivity (Wildman–Crippen MR) is 168 cm³/mol. The lowest BCUT2D eigenvalue weighted by Crippen LogP contribution is -2.28. The van der Waals surface area contributed by atoms with Crippen molar-refractivity contribution in [2.45, 2.75) is 116 Å². The van der Waals surface area contributed by atoms with Crippen molar-refractivity contribution in [1.82, 2.24) is 0 Å². The molecule has 0 saturated heterocycles. The van der Waals surface area contributed by atoms with E-state index in [1.54, 1.807) is 0 Å². The number of ether oxygens (including phenoxy) is 2. The molecule has 0 aliphatic rings. The van der Waals surface area contributed by atoms with E-state index < -0.39 is 58.4 Å². The summed E-state index contributed by atoms with van der Waals surface area (Å²) in [4.78, 5) is 34.0. The fraction of sp³-hybridized carbons (Fsp3) is 0.688. The van der Waals surface area contributed by atoms with Gasteiger partial charge in [0.15, 0.2) is 0 Å². The second-order valence-corrected chi connectivity index (χ2v) is 11.5. The van der Waals surface area contributed by atoms with Crippen molar-refractivity contribution in [3.63, 3.8) is 0 Å². The van der Waals surface area contributed by atoms with Gasteiger partial charge in [0.1, 0.15) is 12.2 Å². The van der Waals surface area contributed by atoms with Crippen LogP contribution in [0, 0.1) is 0 Å². The van der Waals surface area contributed by atoms with E-state index in [-0.39, 0.29) is 12.8 Å². The number of allylic oxidation sites excluding steroid dienone is 8. The van der Waals surface area contributed by atoms with Crippen molar-refractivity contribution < 1.29 is 47.8 Å². The van der Waals surface area contributed by atoms with Gasteiger partial charge in [-0.3, -0.25) is 18.6 Å². The van der Waals surface area contributed by atoms with Crippen LogP contribution in [0.3, 0.4) is 0 Å². The highest BCUT2D eigenvalue weighted by atomic mass is 31.2. The zero-order valence-electron chi connectivity index (χ0n) is 26.1. The Morgan fingerprint density at radius 3 is 1.58 bits per heavy atom. The number of carbonyl (C=O) groups is 2. The molecule has 0 aromatic heterocycles. The Kier molecular flexibility index (Phi) is 27.3. The van der Waals surface area contributed by atoms with Crippen LogP contribution in [-0.2, 0) is 32.7 Å². The van der Waals surface area contributed by atoms with Gasteiger partial charge in [-0.1, -0.05) is 101 Å². The van der Waals surface area contributed by atoms with Crippen molar-refractivity contribution in [2.75, 3.05) is 26.4 Å². The molecule has 0 fully saturated rings. The average molecular weight is 631 g/mol. The quantitative estimate of drug-likeness (QED) is 0.0371. The molecule has 0 aliphatic carbocycles. The van der Waals surface area contributed by atoms with Crippen LogP contribution in [-0.4, -0.2) is 65.7 Å². The number of esters is 2. The number of hydrogen-bond acceptors (Lipinski definition) is 9. The molecule has 0 aromatic carbocycles. The van der Waals surface area contributed by atoms with E-state index in [1.165, 1.54) is 19.3 Å². The third kappa shape index (κ3) is 27.2. The van der Waals surface area contributed by atoms with Crippen LogP contribution in [0.4, 0.5) is 0 Å². The Morgan fingerprint density at radius 1 is 0.651 bits per heavy atom. The van der Waals surface area contributed by atoms with Crippen molar-refractivity contribution in [3.05, 3.63) is 48.6 Å². The van der Waals surface area contributed by atoms with Crippen LogP contribution in [0.15, 0.2) is 48.6 Å². The predicted octanol–water partition coefficient (Wildman–Crippen LogP) is 6.65. The standard InChI is InChI=1S/C32H55O10P/c1-3-5-7-9-11-12-13-14-15-16-18-20-22-24-32(36)42-30(26-34)28-40-43(37,38)39-27-29(25-33)41-31(35)23-21-19-17-10-8-6-4-2/h5,7,11-12,14-15,18,20,29-30,33-34H,3-4,6,8-10,13,16-17,19,21-28H2,1-2H3,(H,37,38)/b7-5-,12-11-,15-14-,20-18-. The first-order chi connectivity index (χ1) is 20.8. The minimum absolute atomic E-state index is 0.0699. The zero-order valence-corrected chi connectivity index (χ0v) is 27.0. The third-order valence-electron chi connectivity index (χ3n) is 6.07. The molecule has 248 valence electrons. The molecule has 0 rings (SSSR count). The van der Waals surface area contributed by atoms with E-state index in [4.69, 9.17) is 18.5 Å². The van der Waals surface area contributed by atoms with Crippen LogP contribution in [0.1, 0.15) is 104 Å². The lowest BCUT2D eigenvalue weighted by molar-refractivity contribution is -0.153. The van der Waals surface area contributed by atoms with Crippen LogP contribution in [0.25, 0.3) is 0 Å². The first-order valence-corrected chi connectivity index (χ1v) is 17.1.